The Bertz CT molecular complexity index is 623. The smallest absolute Gasteiger partial charge is 0.224 e. The summed E-state index contributed by atoms with van der Waals surface area (Å²) in [5, 5.41) is 6.14. The number of aryl methyl sites for hydroxylation is 1. The van der Waals surface area contributed by atoms with Gasteiger partial charge in [0.05, 0.1) is 11.4 Å². The normalized spacial score (nSPS) is 13.6. The predicted octanol–water partition coefficient (Wildman–Crippen LogP) is 2.90. The first-order chi connectivity index (χ1) is 9.22. The lowest BCUT2D eigenvalue weighted by atomic mass is 10.0. The van der Waals surface area contributed by atoms with Crippen LogP contribution < -0.4 is 16.4 Å². The van der Waals surface area contributed by atoms with E-state index >= 15 is 0 Å². The first kappa shape index (κ1) is 11.6. The Balaban J connectivity index is 1.93. The number of rotatable bonds is 2. The van der Waals surface area contributed by atoms with Gasteiger partial charge in [-0.2, -0.15) is 0 Å². The number of anilines is 4. The fraction of sp³-hybridized carbons (Fsp3) is 0.133. The third-order valence-electron chi connectivity index (χ3n) is 3.22. The highest BCUT2D eigenvalue weighted by molar-refractivity contribution is 5.95. The van der Waals surface area contributed by atoms with Gasteiger partial charge in [-0.3, -0.25) is 4.79 Å². The number of fused-ring (bicyclic) bond motifs is 1. The maximum absolute atomic E-state index is 11.3. The summed E-state index contributed by atoms with van der Waals surface area (Å²) in [5.74, 6) is 0.0515. The van der Waals surface area contributed by atoms with Crippen molar-refractivity contribution in [1.29, 1.82) is 0 Å². The number of amides is 1. The second kappa shape index (κ2) is 4.65. The molecule has 1 amide bonds. The molecule has 0 aliphatic carbocycles. The Labute approximate surface area is 111 Å². The maximum Gasteiger partial charge on any atom is 0.224 e. The van der Waals surface area contributed by atoms with Gasteiger partial charge in [-0.15, -0.1) is 0 Å². The van der Waals surface area contributed by atoms with Crippen LogP contribution in [0.5, 0.6) is 0 Å². The summed E-state index contributed by atoms with van der Waals surface area (Å²) < 4.78 is 0. The molecule has 0 radical (unpaired) electrons. The van der Waals surface area contributed by atoms with Crippen molar-refractivity contribution in [3.8, 4) is 0 Å². The Morgan fingerprint density at radius 3 is 2.68 bits per heavy atom. The Morgan fingerprint density at radius 2 is 1.89 bits per heavy atom. The van der Waals surface area contributed by atoms with Crippen molar-refractivity contribution in [1.82, 2.24) is 0 Å². The van der Waals surface area contributed by atoms with Crippen LogP contribution in [0.25, 0.3) is 0 Å². The van der Waals surface area contributed by atoms with Crippen LogP contribution in [-0.4, -0.2) is 5.91 Å². The minimum absolute atomic E-state index is 0.0515. The zero-order valence-electron chi connectivity index (χ0n) is 10.4. The van der Waals surface area contributed by atoms with Gasteiger partial charge < -0.3 is 16.4 Å². The van der Waals surface area contributed by atoms with Gasteiger partial charge >= 0.3 is 0 Å². The van der Waals surface area contributed by atoms with Gasteiger partial charge in [0.2, 0.25) is 5.91 Å². The molecule has 0 unspecified atom stereocenters. The minimum atomic E-state index is 0.0515. The van der Waals surface area contributed by atoms with Crippen molar-refractivity contribution in [2.24, 2.45) is 0 Å². The van der Waals surface area contributed by atoms with Crippen LogP contribution >= 0.6 is 0 Å². The van der Waals surface area contributed by atoms with Crippen molar-refractivity contribution < 1.29 is 4.79 Å². The number of nitrogen functional groups attached to an aromatic ring is 1. The lowest BCUT2D eigenvalue weighted by molar-refractivity contribution is -0.116. The summed E-state index contributed by atoms with van der Waals surface area (Å²) in [5.41, 5.74) is 10.5. The average Bonchev–Trinajstić information content (AvgIpc) is 2.41. The summed E-state index contributed by atoms with van der Waals surface area (Å²) >= 11 is 0. The highest BCUT2D eigenvalue weighted by Gasteiger charge is 2.16. The Hall–Kier alpha value is -2.49. The molecule has 4 N–H and O–H groups in total. The molecular weight excluding hydrogens is 238 g/mol. The molecule has 0 saturated heterocycles. The van der Waals surface area contributed by atoms with Gasteiger partial charge in [-0.25, -0.2) is 0 Å². The number of benzene rings is 2. The first-order valence-electron chi connectivity index (χ1n) is 6.27. The number of hydrogen-bond donors (Lipinski definition) is 3. The minimum Gasteiger partial charge on any atom is -0.397 e. The van der Waals surface area contributed by atoms with E-state index in [-0.39, 0.29) is 5.91 Å². The summed E-state index contributed by atoms with van der Waals surface area (Å²) in [6.07, 6.45) is 1.28. The fourth-order valence-corrected chi connectivity index (χ4v) is 2.23. The van der Waals surface area contributed by atoms with E-state index in [1.54, 1.807) is 0 Å². The van der Waals surface area contributed by atoms with E-state index in [0.717, 1.165) is 29.0 Å². The molecule has 1 aliphatic rings. The number of hydrogen-bond acceptors (Lipinski definition) is 3. The number of nitrogens with one attached hydrogen (secondary N) is 2. The van der Waals surface area contributed by atoms with Crippen LogP contribution in [0.15, 0.2) is 42.5 Å². The van der Waals surface area contributed by atoms with Crippen molar-refractivity contribution >= 4 is 28.7 Å². The van der Waals surface area contributed by atoms with Crippen LogP contribution in [0.3, 0.4) is 0 Å². The molecule has 3 rings (SSSR count). The van der Waals surface area contributed by atoms with E-state index in [0.29, 0.717) is 12.1 Å². The quantitative estimate of drug-likeness (QED) is 0.721. The lowest BCUT2D eigenvalue weighted by Gasteiger charge is -2.19. The third kappa shape index (κ3) is 2.38. The van der Waals surface area contributed by atoms with Gasteiger partial charge in [0.25, 0.3) is 0 Å². The van der Waals surface area contributed by atoms with Crippen molar-refractivity contribution in [3.63, 3.8) is 0 Å². The van der Waals surface area contributed by atoms with Crippen LogP contribution in [-0.2, 0) is 11.2 Å². The molecule has 0 spiro atoms. The van der Waals surface area contributed by atoms with Gasteiger partial charge in [-0.1, -0.05) is 18.2 Å². The van der Waals surface area contributed by atoms with Gasteiger partial charge in [0, 0.05) is 17.8 Å². The van der Waals surface area contributed by atoms with Crippen LogP contribution in [0.2, 0.25) is 0 Å². The third-order valence-corrected chi connectivity index (χ3v) is 3.22. The van der Waals surface area contributed by atoms with Crippen LogP contribution in [0, 0.1) is 0 Å². The number of nitrogens with two attached hydrogens (primary N) is 1. The molecule has 2 aromatic carbocycles. The molecule has 1 aliphatic heterocycles. The fourth-order valence-electron chi connectivity index (χ4n) is 2.23. The SMILES string of the molecule is Nc1cc2c(cc1Nc1ccccc1)CCC(=O)N2. The number of carbonyl (C=O) groups excluding carboxylic acids is 1. The summed E-state index contributed by atoms with van der Waals surface area (Å²) in [4.78, 5) is 11.3. The van der Waals surface area contributed by atoms with Crippen LogP contribution in [0.4, 0.5) is 22.7 Å². The molecular formula is C15H15N3O. The lowest BCUT2D eigenvalue weighted by Crippen LogP contribution is -2.19. The van der Waals surface area contributed by atoms with Crippen molar-refractivity contribution in [2.45, 2.75) is 12.8 Å². The topological polar surface area (TPSA) is 67.1 Å². The summed E-state index contributed by atoms with van der Waals surface area (Å²) in [6.45, 7) is 0. The van der Waals surface area contributed by atoms with E-state index in [4.69, 9.17) is 5.73 Å². The largest absolute Gasteiger partial charge is 0.397 e. The zero-order valence-corrected chi connectivity index (χ0v) is 10.4. The Kier molecular flexibility index (Phi) is 2.83. The van der Waals surface area contributed by atoms with E-state index < -0.39 is 0 Å². The highest BCUT2D eigenvalue weighted by Crippen LogP contribution is 2.32. The number of para-hydroxylation sites is 1. The molecule has 0 fully saturated rings. The number of carbonyl (C=O) groups is 1. The van der Waals surface area contributed by atoms with E-state index in [1.807, 2.05) is 42.5 Å². The molecule has 4 nitrogen and oxygen atoms in total. The molecule has 4 heteroatoms. The monoisotopic (exact) mass is 253 g/mol. The highest BCUT2D eigenvalue weighted by atomic mass is 16.1. The van der Waals surface area contributed by atoms with Crippen molar-refractivity contribution in [3.05, 3.63) is 48.0 Å². The van der Waals surface area contributed by atoms with Crippen LogP contribution in [0.1, 0.15) is 12.0 Å². The molecule has 0 saturated carbocycles. The molecule has 96 valence electrons. The van der Waals surface area contributed by atoms with Crippen molar-refractivity contribution in [2.75, 3.05) is 16.4 Å². The van der Waals surface area contributed by atoms with E-state index in [9.17, 15) is 4.79 Å². The molecule has 19 heavy (non-hydrogen) atoms. The summed E-state index contributed by atoms with van der Waals surface area (Å²) in [6, 6.07) is 13.7. The summed E-state index contributed by atoms with van der Waals surface area (Å²) in [7, 11) is 0. The molecule has 1 heterocycles. The van der Waals surface area contributed by atoms with Gasteiger partial charge in [0.1, 0.15) is 0 Å². The molecule has 0 atom stereocenters. The van der Waals surface area contributed by atoms with E-state index in [1.165, 1.54) is 0 Å². The standard InChI is InChI=1S/C15H15N3O/c16-12-9-13-10(6-7-15(19)18-13)8-14(12)17-11-4-2-1-3-5-11/h1-5,8-9,17H,6-7,16H2,(H,18,19). The van der Waals surface area contributed by atoms with E-state index in [2.05, 4.69) is 10.6 Å². The van der Waals surface area contributed by atoms with Gasteiger partial charge in [-0.05, 0) is 36.2 Å². The average molecular weight is 253 g/mol. The second-order valence-corrected chi connectivity index (χ2v) is 4.64. The predicted molar refractivity (Wildman–Crippen MR) is 77.5 cm³/mol. The Morgan fingerprint density at radius 1 is 1.11 bits per heavy atom. The molecule has 2 aromatic rings. The second-order valence-electron chi connectivity index (χ2n) is 4.64. The molecule has 0 bridgehead atoms. The zero-order chi connectivity index (χ0) is 13.2. The maximum atomic E-state index is 11.3. The first-order valence-corrected chi connectivity index (χ1v) is 6.27. The van der Waals surface area contributed by atoms with Gasteiger partial charge in [0.15, 0.2) is 0 Å². The molecule has 0 aromatic heterocycles.